The Labute approximate surface area is 693 Å². The number of benzene rings is 14. The number of rotatable bonds is 6. The van der Waals surface area contributed by atoms with Crippen molar-refractivity contribution < 1.29 is 22.4 Å². The second-order valence-corrected chi connectivity index (χ2v) is 32.4. The largest absolute Gasteiger partial charge is 0.339 e. The van der Waals surface area contributed by atoms with Crippen LogP contribution in [0.1, 0.15) is 48.6 Å². The van der Waals surface area contributed by atoms with Gasteiger partial charge in [0.25, 0.3) is 0 Å². The van der Waals surface area contributed by atoms with Gasteiger partial charge in [0.2, 0.25) is 22.8 Å². The zero-order valence-electron chi connectivity index (χ0n) is 72.3. The van der Waals surface area contributed by atoms with Crippen LogP contribution in [0.5, 0.6) is 0 Å². The van der Waals surface area contributed by atoms with Gasteiger partial charge in [0.1, 0.15) is 39.2 Å². The van der Waals surface area contributed by atoms with Crippen LogP contribution in [0.25, 0.3) is 187 Å². The van der Waals surface area contributed by atoms with Gasteiger partial charge < -0.3 is 18.3 Å². The third-order valence-electron chi connectivity index (χ3n) is 24.6. The van der Waals surface area contributed by atoms with Crippen molar-refractivity contribution in [1.29, 1.82) is 0 Å². The summed E-state index contributed by atoms with van der Waals surface area (Å²) in [6.45, 7) is 12.9. The van der Waals surface area contributed by atoms with Crippen molar-refractivity contribution in [2.75, 3.05) is 0 Å². The van der Waals surface area contributed by atoms with Gasteiger partial charge >= 0.3 is 0 Å². The molecule has 8 aromatic heterocycles. The molecule has 0 bridgehead atoms. The van der Waals surface area contributed by atoms with Gasteiger partial charge in [-0.25, -0.2) is 9.13 Å². The second-order valence-electron chi connectivity index (χ2n) is 32.4. The Bertz CT molecular complexity index is 7970. The number of nitrogens with zero attached hydrogens (tertiary/aromatic N) is 8. The maximum atomic E-state index is 7.78. The van der Waals surface area contributed by atoms with Crippen molar-refractivity contribution in [2.24, 2.45) is 42.3 Å². The normalized spacial score (nSPS) is 12.1. The molecule has 0 N–H and O–H groups in total. The van der Waals surface area contributed by atoms with Crippen molar-refractivity contribution in [3.05, 3.63) is 373 Å². The van der Waals surface area contributed by atoms with E-state index in [2.05, 4.69) is 424 Å². The van der Waals surface area contributed by atoms with Gasteiger partial charge in [0.15, 0.2) is 24.8 Å². The Morgan fingerprint density at radius 3 is 0.992 bits per heavy atom. The summed E-state index contributed by atoms with van der Waals surface area (Å²) in [4.78, 5) is 0. The van der Waals surface area contributed by atoms with Gasteiger partial charge in [-0.15, -0.1) is 0 Å². The van der Waals surface area contributed by atoms with Crippen LogP contribution >= 0.6 is 0 Å². The molecule has 0 saturated heterocycles. The summed E-state index contributed by atoms with van der Waals surface area (Å²) in [6, 6.07) is 108. The maximum absolute atomic E-state index is 7.78. The first-order chi connectivity index (χ1) is 58.5. The maximum Gasteiger partial charge on any atom is 0.214 e. The number of hydrogen-bond acceptors (Lipinski definition) is 0. The summed E-state index contributed by atoms with van der Waals surface area (Å²) >= 11 is 0. The number of aryl methyl sites for hydroxylation is 14. The van der Waals surface area contributed by atoms with Crippen molar-refractivity contribution in [3.8, 4) is 56.4 Å². The predicted molar refractivity (Wildman–Crippen MR) is 497 cm³/mol. The van der Waals surface area contributed by atoms with Crippen LogP contribution in [0.15, 0.2) is 328 Å². The molecule has 0 amide bonds. The minimum atomic E-state index is -2.12. The molecule has 0 fully saturated rings. The first kappa shape index (κ1) is 70.5. The van der Waals surface area contributed by atoms with E-state index >= 15 is 0 Å². The Morgan fingerprint density at radius 2 is 0.559 bits per heavy atom. The summed E-state index contributed by atoms with van der Waals surface area (Å²) < 4.78 is 41.6. The number of fused-ring (bicyclic) bond motifs is 20. The second kappa shape index (κ2) is 29.6. The lowest BCUT2D eigenvalue weighted by Gasteiger charge is -2.09. The van der Waals surface area contributed by atoms with E-state index in [-0.39, 0.29) is 0 Å². The van der Waals surface area contributed by atoms with E-state index < -0.39 is 6.85 Å². The fourth-order valence-electron chi connectivity index (χ4n) is 18.8. The van der Waals surface area contributed by atoms with Crippen LogP contribution in [0.3, 0.4) is 0 Å². The zero-order valence-corrected chi connectivity index (χ0v) is 69.3. The van der Waals surface area contributed by atoms with Crippen LogP contribution in [0.2, 0.25) is 0 Å². The molecule has 14 aromatic carbocycles. The molecule has 0 aliphatic heterocycles. The molecular weight excluding hydrogens is 1430 g/mol. The lowest BCUT2D eigenvalue weighted by Crippen LogP contribution is -2.30. The zero-order chi connectivity index (χ0) is 83.6. The average molecular weight is 1530 g/mol. The van der Waals surface area contributed by atoms with Crippen molar-refractivity contribution in [1.82, 2.24) is 18.3 Å². The molecule has 0 unspecified atom stereocenters. The first-order valence-corrected chi connectivity index (χ1v) is 40.8. The molecule has 8 heterocycles. The van der Waals surface area contributed by atoms with E-state index in [0.29, 0.717) is 5.56 Å². The third kappa shape index (κ3) is 12.7. The number of pyridine rings is 4. The number of para-hydroxylation sites is 2. The van der Waals surface area contributed by atoms with E-state index in [9.17, 15) is 0 Å². The molecule has 22 aromatic rings. The quantitative estimate of drug-likeness (QED) is 0.149. The minimum absolute atomic E-state index is 0.368. The van der Waals surface area contributed by atoms with Crippen LogP contribution in [-0.4, -0.2) is 18.3 Å². The Hall–Kier alpha value is -14.1. The fourth-order valence-corrected chi connectivity index (χ4v) is 18.8. The van der Waals surface area contributed by atoms with Crippen molar-refractivity contribution in [3.63, 3.8) is 0 Å². The van der Waals surface area contributed by atoms with Crippen molar-refractivity contribution in [2.45, 2.75) is 55.3 Å². The van der Waals surface area contributed by atoms with Gasteiger partial charge in [-0.3, -0.25) is 0 Å². The molecular formula is C110H96N8+4. The molecule has 0 atom stereocenters. The first-order valence-electron chi connectivity index (χ1n) is 42.3. The van der Waals surface area contributed by atoms with E-state index in [4.69, 9.17) is 4.11 Å². The SMILES string of the molecule is Cc1ccc(-c2cc3c4c5ccccc5ccc4n(C)c3c[n+]2C)c(C)c1.Cc1ccc2c(ccc3c2c2c[n+](C)c(-c4ccccc4C)cc2n3-c2ccccc2)c1.Cc1ccccc1-c1cc2c3c4ccccc4ccc3n(C)c2c[n+]1C.[2H]C([2H])([2H])c1ccc(-c2cc3c(c[n+]2C)c2c4ccc(C)cc4ccc2n3-c2ccccc2)c(C)c1. The molecule has 572 valence electrons. The monoisotopic (exact) mass is 1530 g/mol. The molecule has 0 aliphatic rings. The van der Waals surface area contributed by atoms with Crippen LogP contribution in [0, 0.1) is 55.3 Å². The summed E-state index contributed by atoms with van der Waals surface area (Å²) in [7, 11) is 12.8. The topological polar surface area (TPSA) is 35.2 Å². The molecule has 0 spiro atoms. The minimum Gasteiger partial charge on any atom is -0.339 e. The Morgan fingerprint density at radius 1 is 0.229 bits per heavy atom. The highest BCUT2D eigenvalue weighted by Gasteiger charge is 2.27. The van der Waals surface area contributed by atoms with Gasteiger partial charge in [-0.05, 0) is 193 Å². The van der Waals surface area contributed by atoms with Gasteiger partial charge in [0.05, 0.1) is 32.8 Å². The summed E-state index contributed by atoms with van der Waals surface area (Å²) in [5.41, 5.74) is 30.8. The van der Waals surface area contributed by atoms with Gasteiger partial charge in [-0.1, -0.05) is 229 Å². The lowest BCUT2D eigenvalue weighted by molar-refractivity contribution is -0.659. The molecule has 8 heteroatoms. The highest BCUT2D eigenvalue weighted by Crippen LogP contribution is 2.43. The van der Waals surface area contributed by atoms with E-state index in [0.717, 1.165) is 28.0 Å². The molecule has 0 radical (unpaired) electrons. The summed E-state index contributed by atoms with van der Waals surface area (Å²) in [5, 5.41) is 20.6. The van der Waals surface area contributed by atoms with Crippen LogP contribution in [0.4, 0.5) is 0 Å². The molecule has 8 nitrogen and oxygen atoms in total. The van der Waals surface area contributed by atoms with Crippen LogP contribution < -0.4 is 18.3 Å². The molecule has 0 saturated carbocycles. The predicted octanol–water partition coefficient (Wildman–Crippen LogP) is 25.3. The summed E-state index contributed by atoms with van der Waals surface area (Å²) in [6.07, 6.45) is 9.03. The average Bonchev–Trinajstić information content (AvgIpc) is 1.58. The van der Waals surface area contributed by atoms with Crippen LogP contribution in [-0.2, 0) is 42.3 Å². The van der Waals surface area contributed by atoms with E-state index in [1.165, 1.54) is 198 Å². The van der Waals surface area contributed by atoms with E-state index in [1.54, 1.807) is 12.1 Å². The third-order valence-corrected chi connectivity index (χ3v) is 24.6. The Balaban J connectivity index is 0.000000107. The summed E-state index contributed by atoms with van der Waals surface area (Å²) in [5.74, 6) is 0. The highest BCUT2D eigenvalue weighted by molar-refractivity contribution is 6.24. The fraction of sp³-hybridized carbons (Fsp3) is 0.127. The van der Waals surface area contributed by atoms with Gasteiger partial charge in [0, 0.05) is 119 Å². The molecule has 0 aliphatic carbocycles. The number of hydrogen-bond donors (Lipinski definition) is 0. The molecule has 22 rings (SSSR count). The standard InChI is InChI=1S/C31H27N2.C30H25N2.C25H23N2.C24H21N2/c1-20-10-13-25(22(3)16-20)29-18-30-27(19-32(29)4)31-26-14-11-21(2)17-23(26)12-15-28(31)33(30)24-8-6-5-7-9-24;1-20-13-15-25-22(17-20)14-16-27-30(25)26-19-31(3)28(24-12-8-7-9-21(24)2)18-29(26)32(27)23-10-5-4-6-11-23;1-16-9-11-19(17(2)13-16)23-14-21-24(15-26(23)3)27(4)22-12-10-18-7-5-6-8-20(18)25(21)22;1-16-8-4-6-10-18(16)22-14-20-23(15-25(22)2)26(3)21-13-12-17-9-5-7-11-19(17)24(20)21/h5-19H,1-4H3;4-19H,1-3H3;5-15H,1-4H3;4-15H,1-3H3/q4*+1/i1D3;;;. The van der Waals surface area contributed by atoms with E-state index in [1.807, 2.05) is 19.1 Å². The smallest absolute Gasteiger partial charge is 0.214 e. The Kier molecular flexibility index (Phi) is 17.7. The molecule has 118 heavy (non-hydrogen) atoms. The lowest BCUT2D eigenvalue weighted by atomic mass is 10.00. The van der Waals surface area contributed by atoms with Crippen molar-refractivity contribution >= 4 is 130 Å². The van der Waals surface area contributed by atoms with Gasteiger partial charge in [-0.2, -0.15) is 9.13 Å². The highest BCUT2D eigenvalue weighted by atomic mass is 15.0. The number of aromatic nitrogens is 8.